The molecule has 2 heterocycles. The van der Waals surface area contributed by atoms with E-state index >= 15 is 0 Å². The number of fused-ring (bicyclic) bond motifs is 1. The van der Waals surface area contributed by atoms with Crippen LogP contribution in [0.15, 0.2) is 16.2 Å². The van der Waals surface area contributed by atoms with Crippen LogP contribution in [0.3, 0.4) is 0 Å². The molecule has 6 heteroatoms. The zero-order chi connectivity index (χ0) is 14.2. The number of thiophene rings is 1. The fourth-order valence-corrected chi connectivity index (χ4v) is 2.59. The normalized spacial score (nSPS) is 11.8. The third-order valence-corrected chi connectivity index (χ3v) is 3.64. The standard InChI is InChI=1S/C13H17N3O2S/c1-13(2,3)12(18)16(4)7-9-14-8-5-6-19-10(8)11(17)15-9/h5-6H,7H2,1-4H3,(H,14,15,17). The third-order valence-electron chi connectivity index (χ3n) is 2.74. The highest BCUT2D eigenvalue weighted by atomic mass is 32.1. The van der Waals surface area contributed by atoms with E-state index < -0.39 is 5.41 Å². The van der Waals surface area contributed by atoms with Gasteiger partial charge in [-0.2, -0.15) is 0 Å². The van der Waals surface area contributed by atoms with Gasteiger partial charge in [0.1, 0.15) is 10.5 Å². The van der Waals surface area contributed by atoms with Gasteiger partial charge >= 0.3 is 0 Å². The van der Waals surface area contributed by atoms with Crippen LogP contribution in [0, 0.1) is 5.41 Å². The molecule has 2 rings (SSSR count). The fraction of sp³-hybridized carbons (Fsp3) is 0.462. The molecule has 1 N–H and O–H groups in total. The molecule has 0 bridgehead atoms. The van der Waals surface area contributed by atoms with E-state index in [1.165, 1.54) is 11.3 Å². The van der Waals surface area contributed by atoms with Gasteiger partial charge in [-0.1, -0.05) is 20.8 Å². The molecule has 0 atom stereocenters. The molecule has 102 valence electrons. The summed E-state index contributed by atoms with van der Waals surface area (Å²) >= 11 is 1.37. The molecule has 0 unspecified atom stereocenters. The fourth-order valence-electron chi connectivity index (χ4n) is 1.87. The van der Waals surface area contributed by atoms with Crippen LogP contribution in [0.4, 0.5) is 0 Å². The Morgan fingerprint density at radius 2 is 2.16 bits per heavy atom. The number of hydrogen-bond acceptors (Lipinski definition) is 4. The summed E-state index contributed by atoms with van der Waals surface area (Å²) in [5.74, 6) is 0.525. The summed E-state index contributed by atoms with van der Waals surface area (Å²) < 4.78 is 0.619. The molecule has 0 aliphatic heterocycles. The Labute approximate surface area is 115 Å². The highest BCUT2D eigenvalue weighted by molar-refractivity contribution is 7.17. The summed E-state index contributed by atoms with van der Waals surface area (Å²) in [7, 11) is 1.71. The highest BCUT2D eigenvalue weighted by Crippen LogP contribution is 2.18. The SMILES string of the molecule is CN(Cc1nc2ccsc2c(=O)[nH]1)C(=O)C(C)(C)C. The number of nitrogens with zero attached hydrogens (tertiary/aromatic N) is 2. The minimum absolute atomic E-state index is 0.0144. The number of amides is 1. The molecule has 0 aromatic carbocycles. The van der Waals surface area contributed by atoms with Crippen LogP contribution in [0.5, 0.6) is 0 Å². The van der Waals surface area contributed by atoms with Crippen molar-refractivity contribution in [3.8, 4) is 0 Å². The molecule has 2 aromatic rings. The topological polar surface area (TPSA) is 66.1 Å². The molecule has 0 saturated heterocycles. The summed E-state index contributed by atoms with van der Waals surface area (Å²) in [6, 6.07) is 1.81. The van der Waals surface area contributed by atoms with Crippen LogP contribution < -0.4 is 5.56 Å². The first-order valence-corrected chi connectivity index (χ1v) is 6.89. The number of nitrogens with one attached hydrogen (secondary N) is 1. The van der Waals surface area contributed by atoms with Gasteiger partial charge in [0.25, 0.3) is 5.56 Å². The molecular formula is C13H17N3O2S. The predicted molar refractivity (Wildman–Crippen MR) is 76.2 cm³/mol. The maximum Gasteiger partial charge on any atom is 0.268 e. The minimum Gasteiger partial charge on any atom is -0.338 e. The molecule has 1 amide bonds. The van der Waals surface area contributed by atoms with E-state index in [1.807, 2.05) is 32.2 Å². The van der Waals surface area contributed by atoms with Gasteiger partial charge in [-0.05, 0) is 11.4 Å². The van der Waals surface area contributed by atoms with Gasteiger partial charge in [-0.3, -0.25) is 9.59 Å². The summed E-state index contributed by atoms with van der Waals surface area (Å²) in [5.41, 5.74) is 0.0913. The molecule has 0 aliphatic rings. The van der Waals surface area contributed by atoms with E-state index in [9.17, 15) is 9.59 Å². The number of carbonyl (C=O) groups excluding carboxylic acids is 1. The lowest BCUT2D eigenvalue weighted by Gasteiger charge is -2.25. The Balaban J connectivity index is 2.26. The van der Waals surface area contributed by atoms with Gasteiger partial charge in [0.05, 0.1) is 12.1 Å². The molecule has 2 aromatic heterocycles. The molecule has 0 spiro atoms. The summed E-state index contributed by atoms with van der Waals surface area (Å²) in [4.78, 5) is 32.6. The van der Waals surface area contributed by atoms with Crippen molar-refractivity contribution in [3.05, 3.63) is 27.6 Å². The van der Waals surface area contributed by atoms with Gasteiger partial charge < -0.3 is 9.88 Å². The zero-order valence-corrected chi connectivity index (χ0v) is 12.3. The van der Waals surface area contributed by atoms with Crippen LogP contribution in [0.2, 0.25) is 0 Å². The first-order valence-electron chi connectivity index (χ1n) is 6.01. The predicted octanol–water partition coefficient (Wildman–Crippen LogP) is 1.99. The molecule has 0 radical (unpaired) electrons. The highest BCUT2D eigenvalue weighted by Gasteiger charge is 2.25. The van der Waals surface area contributed by atoms with E-state index in [0.717, 1.165) is 0 Å². The van der Waals surface area contributed by atoms with Gasteiger partial charge in [-0.15, -0.1) is 11.3 Å². The van der Waals surface area contributed by atoms with Crippen molar-refractivity contribution in [2.45, 2.75) is 27.3 Å². The number of hydrogen-bond donors (Lipinski definition) is 1. The van der Waals surface area contributed by atoms with E-state index in [-0.39, 0.29) is 11.5 Å². The Morgan fingerprint density at radius 3 is 2.79 bits per heavy atom. The van der Waals surface area contributed by atoms with Crippen LogP contribution in [0.1, 0.15) is 26.6 Å². The van der Waals surface area contributed by atoms with E-state index in [1.54, 1.807) is 11.9 Å². The van der Waals surface area contributed by atoms with Crippen LogP contribution >= 0.6 is 11.3 Å². The maximum atomic E-state index is 12.1. The second kappa shape index (κ2) is 4.77. The summed E-state index contributed by atoms with van der Waals surface area (Å²) in [6.45, 7) is 5.90. The van der Waals surface area contributed by atoms with Crippen molar-refractivity contribution >= 4 is 27.5 Å². The average molecular weight is 279 g/mol. The lowest BCUT2D eigenvalue weighted by molar-refractivity contribution is -0.138. The molecule has 0 fully saturated rings. The first-order chi connectivity index (χ1) is 8.79. The zero-order valence-electron chi connectivity index (χ0n) is 11.5. The Hall–Kier alpha value is -1.69. The lowest BCUT2D eigenvalue weighted by Crippen LogP contribution is -2.36. The largest absolute Gasteiger partial charge is 0.338 e. The van der Waals surface area contributed by atoms with Crippen molar-refractivity contribution < 1.29 is 4.79 Å². The van der Waals surface area contributed by atoms with Gasteiger partial charge in [0.15, 0.2) is 0 Å². The molecule has 0 aliphatic carbocycles. The summed E-state index contributed by atoms with van der Waals surface area (Å²) in [5, 5.41) is 1.83. The Morgan fingerprint density at radius 1 is 1.47 bits per heavy atom. The van der Waals surface area contributed by atoms with Crippen LogP contribution in [-0.4, -0.2) is 27.8 Å². The third kappa shape index (κ3) is 2.84. The number of aromatic amines is 1. The van der Waals surface area contributed by atoms with Crippen molar-refractivity contribution in [1.29, 1.82) is 0 Å². The van der Waals surface area contributed by atoms with Gasteiger partial charge in [-0.25, -0.2) is 4.98 Å². The first kappa shape index (κ1) is 13.7. The number of carbonyl (C=O) groups is 1. The molecule has 19 heavy (non-hydrogen) atoms. The summed E-state index contributed by atoms with van der Waals surface area (Å²) in [6.07, 6.45) is 0. The Kier molecular flexibility index (Phi) is 3.45. The lowest BCUT2D eigenvalue weighted by atomic mass is 9.95. The van der Waals surface area contributed by atoms with E-state index in [0.29, 0.717) is 22.6 Å². The quantitative estimate of drug-likeness (QED) is 0.914. The van der Waals surface area contributed by atoms with E-state index in [2.05, 4.69) is 9.97 Å². The second-order valence-corrected chi connectivity index (χ2v) is 6.47. The molecule has 5 nitrogen and oxygen atoms in total. The van der Waals surface area contributed by atoms with Crippen molar-refractivity contribution in [2.75, 3.05) is 7.05 Å². The Bertz CT molecular complexity index is 666. The average Bonchev–Trinajstić information content (AvgIpc) is 2.75. The maximum absolute atomic E-state index is 12.1. The minimum atomic E-state index is -0.443. The van der Waals surface area contributed by atoms with Crippen molar-refractivity contribution in [2.24, 2.45) is 5.41 Å². The second-order valence-electron chi connectivity index (χ2n) is 5.56. The number of aromatic nitrogens is 2. The van der Waals surface area contributed by atoms with Crippen LogP contribution in [0.25, 0.3) is 10.2 Å². The smallest absolute Gasteiger partial charge is 0.268 e. The van der Waals surface area contributed by atoms with Crippen LogP contribution in [-0.2, 0) is 11.3 Å². The van der Waals surface area contributed by atoms with Crippen molar-refractivity contribution in [1.82, 2.24) is 14.9 Å². The van der Waals surface area contributed by atoms with Crippen molar-refractivity contribution in [3.63, 3.8) is 0 Å². The number of rotatable bonds is 2. The monoisotopic (exact) mass is 279 g/mol. The van der Waals surface area contributed by atoms with E-state index in [4.69, 9.17) is 0 Å². The van der Waals surface area contributed by atoms with Gasteiger partial charge in [0.2, 0.25) is 5.91 Å². The van der Waals surface area contributed by atoms with Gasteiger partial charge in [0, 0.05) is 12.5 Å². The molecule has 0 saturated carbocycles. The number of H-pyrrole nitrogens is 1. The molecular weight excluding hydrogens is 262 g/mol.